The van der Waals surface area contributed by atoms with Gasteiger partial charge < -0.3 is 10.1 Å². The van der Waals surface area contributed by atoms with Crippen LogP contribution in [0.2, 0.25) is 0 Å². The van der Waals surface area contributed by atoms with Gasteiger partial charge in [0.15, 0.2) is 0 Å². The number of ether oxygens (including phenoxy) is 1. The maximum atomic E-state index is 5.52. The van der Waals surface area contributed by atoms with E-state index in [0.29, 0.717) is 6.04 Å². The largest absolute Gasteiger partial charge is 0.496 e. The average molecular weight is 247 g/mol. The van der Waals surface area contributed by atoms with Gasteiger partial charge >= 0.3 is 0 Å². The molecule has 0 aromatic heterocycles. The van der Waals surface area contributed by atoms with Crippen LogP contribution in [0, 0.1) is 5.92 Å². The number of benzene rings is 1. The number of hydrogen-bond donors (Lipinski definition) is 1. The highest BCUT2D eigenvalue weighted by molar-refractivity contribution is 5.36. The average Bonchev–Trinajstić information content (AvgIpc) is 2.46. The summed E-state index contributed by atoms with van der Waals surface area (Å²) in [6, 6.07) is 8.90. The second-order valence-electron chi connectivity index (χ2n) is 5.18. The van der Waals surface area contributed by atoms with Gasteiger partial charge in [-0.2, -0.15) is 0 Å². The van der Waals surface area contributed by atoms with Gasteiger partial charge in [0.05, 0.1) is 7.11 Å². The lowest BCUT2D eigenvalue weighted by Gasteiger charge is -2.32. The van der Waals surface area contributed by atoms with Crippen LogP contribution in [-0.4, -0.2) is 13.7 Å². The zero-order valence-electron chi connectivity index (χ0n) is 11.6. The van der Waals surface area contributed by atoms with Crippen molar-refractivity contribution in [3.05, 3.63) is 29.8 Å². The highest BCUT2D eigenvalue weighted by Crippen LogP contribution is 2.37. The van der Waals surface area contributed by atoms with E-state index in [-0.39, 0.29) is 0 Å². The van der Waals surface area contributed by atoms with Crippen molar-refractivity contribution in [3.8, 4) is 5.75 Å². The molecular formula is C16H25NO. The first kappa shape index (κ1) is 13.4. The van der Waals surface area contributed by atoms with Crippen molar-refractivity contribution in [2.45, 2.75) is 45.1 Å². The van der Waals surface area contributed by atoms with Crippen molar-refractivity contribution < 1.29 is 4.74 Å². The van der Waals surface area contributed by atoms with Crippen molar-refractivity contribution in [2.24, 2.45) is 5.92 Å². The first-order chi connectivity index (χ1) is 8.86. The highest BCUT2D eigenvalue weighted by atomic mass is 16.5. The highest BCUT2D eigenvalue weighted by Gasteiger charge is 2.26. The topological polar surface area (TPSA) is 21.3 Å². The fraction of sp³-hybridized carbons (Fsp3) is 0.625. The van der Waals surface area contributed by atoms with Crippen molar-refractivity contribution >= 4 is 0 Å². The Morgan fingerprint density at radius 2 is 1.94 bits per heavy atom. The van der Waals surface area contributed by atoms with Crippen molar-refractivity contribution in [1.29, 1.82) is 0 Å². The number of rotatable bonds is 5. The third-order valence-electron chi connectivity index (χ3n) is 4.02. The molecule has 1 N–H and O–H groups in total. The summed E-state index contributed by atoms with van der Waals surface area (Å²) in [7, 11) is 1.77. The third kappa shape index (κ3) is 3.05. The predicted molar refractivity (Wildman–Crippen MR) is 76.0 cm³/mol. The van der Waals surface area contributed by atoms with Gasteiger partial charge in [0.2, 0.25) is 0 Å². The van der Waals surface area contributed by atoms with Crippen LogP contribution in [0.1, 0.15) is 50.6 Å². The minimum atomic E-state index is 0.450. The van der Waals surface area contributed by atoms with Crippen LogP contribution >= 0.6 is 0 Å². The summed E-state index contributed by atoms with van der Waals surface area (Å²) in [5.74, 6) is 1.78. The molecule has 2 nitrogen and oxygen atoms in total. The SMILES string of the molecule is CCNC(c1ccccc1OC)C1CCCCC1. The molecule has 1 saturated carbocycles. The molecule has 2 heteroatoms. The predicted octanol–water partition coefficient (Wildman–Crippen LogP) is 3.93. The molecule has 2 rings (SSSR count). The Bertz CT molecular complexity index is 358. The van der Waals surface area contributed by atoms with E-state index in [1.54, 1.807) is 7.11 Å². The molecular weight excluding hydrogens is 222 g/mol. The van der Waals surface area contributed by atoms with E-state index in [9.17, 15) is 0 Å². The molecule has 1 aliphatic carbocycles. The minimum absolute atomic E-state index is 0.450. The monoisotopic (exact) mass is 247 g/mol. The molecule has 18 heavy (non-hydrogen) atoms. The normalized spacial score (nSPS) is 18.6. The summed E-state index contributed by atoms with van der Waals surface area (Å²) >= 11 is 0. The van der Waals surface area contributed by atoms with Crippen LogP contribution in [0.5, 0.6) is 5.75 Å². The van der Waals surface area contributed by atoms with Crippen molar-refractivity contribution in [3.63, 3.8) is 0 Å². The smallest absolute Gasteiger partial charge is 0.123 e. The molecule has 1 aromatic carbocycles. The van der Waals surface area contributed by atoms with Crippen molar-refractivity contribution in [2.75, 3.05) is 13.7 Å². The Balaban J connectivity index is 2.22. The zero-order valence-corrected chi connectivity index (χ0v) is 11.6. The lowest BCUT2D eigenvalue weighted by atomic mass is 9.81. The Kier molecular flexibility index (Phi) is 5.06. The molecule has 0 bridgehead atoms. The molecule has 0 heterocycles. The van der Waals surface area contributed by atoms with Crippen LogP contribution in [0.3, 0.4) is 0 Å². The first-order valence-electron chi connectivity index (χ1n) is 7.23. The first-order valence-corrected chi connectivity index (χ1v) is 7.23. The van der Waals surface area contributed by atoms with Gasteiger partial charge in [-0.25, -0.2) is 0 Å². The molecule has 1 atom stereocenters. The van der Waals surface area contributed by atoms with E-state index in [0.717, 1.165) is 18.2 Å². The van der Waals surface area contributed by atoms with Gasteiger partial charge in [0, 0.05) is 11.6 Å². The minimum Gasteiger partial charge on any atom is -0.496 e. The summed E-state index contributed by atoms with van der Waals surface area (Å²) in [6.45, 7) is 3.20. The number of nitrogens with one attached hydrogen (secondary N) is 1. The van der Waals surface area contributed by atoms with Gasteiger partial charge in [0.25, 0.3) is 0 Å². The molecule has 0 radical (unpaired) electrons. The maximum absolute atomic E-state index is 5.52. The summed E-state index contributed by atoms with van der Waals surface area (Å²) in [5.41, 5.74) is 1.33. The van der Waals surface area contributed by atoms with Crippen molar-refractivity contribution in [1.82, 2.24) is 5.32 Å². The molecule has 0 spiro atoms. The molecule has 1 fully saturated rings. The van der Waals surface area contributed by atoms with Gasteiger partial charge in [-0.15, -0.1) is 0 Å². The second-order valence-corrected chi connectivity index (χ2v) is 5.18. The van der Waals surface area contributed by atoms with Crippen LogP contribution < -0.4 is 10.1 Å². The number of methoxy groups -OCH3 is 1. The molecule has 100 valence electrons. The molecule has 0 saturated heterocycles. The molecule has 1 unspecified atom stereocenters. The van der Waals surface area contributed by atoms with E-state index in [1.165, 1.54) is 37.7 Å². The van der Waals surface area contributed by atoms with E-state index in [4.69, 9.17) is 4.74 Å². The van der Waals surface area contributed by atoms with Crippen LogP contribution in [0.25, 0.3) is 0 Å². The molecule has 1 aliphatic rings. The van der Waals surface area contributed by atoms with Crippen LogP contribution in [0.4, 0.5) is 0 Å². The second kappa shape index (κ2) is 6.79. The Hall–Kier alpha value is -1.02. The molecule has 0 aliphatic heterocycles. The fourth-order valence-corrected chi connectivity index (χ4v) is 3.14. The summed E-state index contributed by atoms with van der Waals surface area (Å²) < 4.78 is 5.52. The van der Waals surface area contributed by atoms with Gasteiger partial charge in [-0.1, -0.05) is 44.4 Å². The van der Waals surface area contributed by atoms with E-state index < -0.39 is 0 Å². The van der Waals surface area contributed by atoms with Gasteiger partial charge in [-0.05, 0) is 31.4 Å². The fourth-order valence-electron chi connectivity index (χ4n) is 3.14. The Labute approximate surface area is 111 Å². The van der Waals surface area contributed by atoms with Gasteiger partial charge in [0.1, 0.15) is 5.75 Å². The van der Waals surface area contributed by atoms with Gasteiger partial charge in [-0.3, -0.25) is 0 Å². The lowest BCUT2D eigenvalue weighted by Crippen LogP contribution is -2.30. The maximum Gasteiger partial charge on any atom is 0.123 e. The third-order valence-corrected chi connectivity index (χ3v) is 4.02. The standard InChI is InChI=1S/C16H25NO/c1-3-17-16(13-9-5-4-6-10-13)14-11-7-8-12-15(14)18-2/h7-8,11-13,16-17H,3-6,9-10H2,1-2H3. The number of para-hydroxylation sites is 1. The van der Waals surface area contributed by atoms with E-state index >= 15 is 0 Å². The van der Waals surface area contributed by atoms with Crippen LogP contribution in [0.15, 0.2) is 24.3 Å². The van der Waals surface area contributed by atoms with E-state index in [1.807, 2.05) is 6.07 Å². The summed E-state index contributed by atoms with van der Waals surface area (Å²) in [6.07, 6.45) is 6.84. The summed E-state index contributed by atoms with van der Waals surface area (Å²) in [5, 5.41) is 3.66. The Morgan fingerprint density at radius 3 is 2.61 bits per heavy atom. The van der Waals surface area contributed by atoms with Crippen LogP contribution in [-0.2, 0) is 0 Å². The lowest BCUT2D eigenvalue weighted by molar-refractivity contribution is 0.268. The zero-order chi connectivity index (χ0) is 12.8. The summed E-state index contributed by atoms with van der Waals surface area (Å²) in [4.78, 5) is 0. The quantitative estimate of drug-likeness (QED) is 0.851. The molecule has 0 amide bonds. The molecule has 1 aromatic rings. The van der Waals surface area contributed by atoms with E-state index in [2.05, 4.69) is 30.4 Å². The Morgan fingerprint density at radius 1 is 1.22 bits per heavy atom. The number of hydrogen-bond acceptors (Lipinski definition) is 2.